The number of halogens is 7. The van der Waals surface area contributed by atoms with Crippen LogP contribution in [0.3, 0.4) is 0 Å². The van der Waals surface area contributed by atoms with Gasteiger partial charge in [0.25, 0.3) is 11.5 Å². The Labute approximate surface area is 184 Å². The highest BCUT2D eigenvalue weighted by molar-refractivity contribution is 6.05. The van der Waals surface area contributed by atoms with E-state index in [1.807, 2.05) is 5.32 Å². The van der Waals surface area contributed by atoms with Crippen molar-refractivity contribution in [1.29, 1.82) is 0 Å². The number of carbonyl (C=O) groups excluding carboxylic acids is 1. The molecule has 0 spiro atoms. The van der Waals surface area contributed by atoms with Gasteiger partial charge in [-0.05, 0) is 36.4 Å². The molecule has 4 aromatic heterocycles. The average molecular weight is 485 g/mol. The first-order chi connectivity index (χ1) is 15.9. The van der Waals surface area contributed by atoms with E-state index in [0.29, 0.717) is 16.9 Å². The molecule has 7 nitrogen and oxygen atoms in total. The van der Waals surface area contributed by atoms with E-state index in [1.165, 1.54) is 6.07 Å². The second-order valence-electron chi connectivity index (χ2n) is 6.83. The number of nitrogens with zero attached hydrogens (tertiary/aromatic N) is 4. The molecule has 4 heterocycles. The van der Waals surface area contributed by atoms with Crippen molar-refractivity contribution in [3.8, 4) is 5.69 Å². The van der Waals surface area contributed by atoms with Gasteiger partial charge >= 0.3 is 12.4 Å². The van der Waals surface area contributed by atoms with Crippen molar-refractivity contribution >= 4 is 17.1 Å². The number of pyridine rings is 3. The minimum absolute atomic E-state index is 0.140. The van der Waals surface area contributed by atoms with E-state index in [0.717, 1.165) is 41.1 Å². The Morgan fingerprint density at radius 2 is 1.74 bits per heavy atom. The highest BCUT2D eigenvalue weighted by Gasteiger charge is 2.41. The molecular weight excluding hydrogens is 475 g/mol. The van der Waals surface area contributed by atoms with Gasteiger partial charge in [-0.2, -0.15) is 31.4 Å². The van der Waals surface area contributed by atoms with E-state index in [4.69, 9.17) is 0 Å². The fraction of sp³-hybridized carbons (Fsp3) is 0.100. The number of amides is 1. The quantitative estimate of drug-likeness (QED) is 0.439. The maximum absolute atomic E-state index is 14.0. The normalized spacial score (nSPS) is 12.2. The SMILES string of the molecule is O=C(Nc1ccnc(C(F)(F)F)c1)c1cnn(-c2cccn3c(=O)c(F)ccc23)c1C(F)(F)F. The summed E-state index contributed by atoms with van der Waals surface area (Å²) in [7, 11) is 0. The second-order valence-corrected chi connectivity index (χ2v) is 6.83. The van der Waals surface area contributed by atoms with Gasteiger partial charge in [-0.1, -0.05) is 0 Å². The van der Waals surface area contributed by atoms with E-state index >= 15 is 0 Å². The van der Waals surface area contributed by atoms with Crippen molar-refractivity contribution in [2.75, 3.05) is 5.32 Å². The lowest BCUT2D eigenvalue weighted by Gasteiger charge is -2.15. The average Bonchev–Trinajstić information content (AvgIpc) is 3.21. The van der Waals surface area contributed by atoms with Gasteiger partial charge in [0.2, 0.25) is 0 Å². The topological polar surface area (TPSA) is 81.3 Å². The van der Waals surface area contributed by atoms with Crippen LogP contribution in [0.25, 0.3) is 11.2 Å². The Morgan fingerprint density at radius 1 is 1.00 bits per heavy atom. The Morgan fingerprint density at radius 3 is 2.41 bits per heavy atom. The maximum atomic E-state index is 14.0. The molecule has 14 heteroatoms. The van der Waals surface area contributed by atoms with Gasteiger partial charge in [0.1, 0.15) is 5.69 Å². The molecule has 1 N–H and O–H groups in total. The lowest BCUT2D eigenvalue weighted by molar-refractivity contribution is -0.143. The lowest BCUT2D eigenvalue weighted by atomic mass is 10.2. The minimum atomic E-state index is -5.15. The predicted octanol–water partition coefficient (Wildman–Crippen LogP) is 4.31. The van der Waals surface area contributed by atoms with Gasteiger partial charge < -0.3 is 5.32 Å². The number of hydrogen-bond donors (Lipinski definition) is 1. The van der Waals surface area contributed by atoms with Crippen LogP contribution in [0.15, 0.2) is 59.8 Å². The molecule has 4 rings (SSSR count). The number of fused-ring (bicyclic) bond motifs is 1. The molecule has 0 radical (unpaired) electrons. The van der Waals surface area contributed by atoms with Crippen LogP contribution < -0.4 is 10.9 Å². The molecule has 0 aliphatic rings. The van der Waals surface area contributed by atoms with Gasteiger partial charge in [-0.25, -0.2) is 9.07 Å². The van der Waals surface area contributed by atoms with Crippen LogP contribution in [-0.4, -0.2) is 25.1 Å². The largest absolute Gasteiger partial charge is 0.434 e. The Hall–Kier alpha value is -4.23. The molecule has 0 saturated carbocycles. The third-order valence-electron chi connectivity index (χ3n) is 4.64. The molecule has 0 saturated heterocycles. The summed E-state index contributed by atoms with van der Waals surface area (Å²) >= 11 is 0. The van der Waals surface area contributed by atoms with Crippen molar-refractivity contribution in [2.24, 2.45) is 0 Å². The molecule has 0 unspecified atom stereocenters. The van der Waals surface area contributed by atoms with Crippen LogP contribution in [-0.2, 0) is 12.4 Å². The first-order valence-electron chi connectivity index (χ1n) is 9.18. The second kappa shape index (κ2) is 7.97. The van der Waals surface area contributed by atoms with E-state index in [1.54, 1.807) is 0 Å². The summed E-state index contributed by atoms with van der Waals surface area (Å²) in [5, 5.41) is 5.57. The van der Waals surface area contributed by atoms with Crippen molar-refractivity contribution in [1.82, 2.24) is 19.2 Å². The summed E-state index contributed by atoms with van der Waals surface area (Å²) < 4.78 is 95.1. The van der Waals surface area contributed by atoms with Gasteiger partial charge in [0, 0.05) is 18.1 Å². The summed E-state index contributed by atoms with van der Waals surface area (Å²) in [5.41, 5.74) is -5.90. The van der Waals surface area contributed by atoms with E-state index in [2.05, 4.69) is 10.1 Å². The maximum Gasteiger partial charge on any atom is 0.434 e. The number of nitrogens with one attached hydrogen (secondary N) is 1. The Bertz CT molecular complexity index is 1470. The number of aromatic nitrogens is 4. The van der Waals surface area contributed by atoms with Gasteiger partial charge in [0.05, 0.1) is 23.0 Å². The standard InChI is InChI=1S/C20H10F7N5O2/c21-12-3-4-13-14(2-1-7-31(13)18(12)34)32-16(20(25,26)27)11(9-29-32)17(33)30-10-5-6-28-15(8-10)19(22,23)24/h1-9H,(H,28,30,33). The molecule has 1 amide bonds. The monoisotopic (exact) mass is 485 g/mol. The number of alkyl halides is 6. The smallest absolute Gasteiger partial charge is 0.322 e. The first kappa shape index (κ1) is 22.9. The number of anilines is 1. The van der Waals surface area contributed by atoms with Crippen molar-refractivity contribution in [3.05, 3.63) is 88.1 Å². The summed E-state index contributed by atoms with van der Waals surface area (Å²) in [4.78, 5) is 27.7. The zero-order valence-corrected chi connectivity index (χ0v) is 16.4. The van der Waals surface area contributed by atoms with E-state index in [9.17, 15) is 40.3 Å². The highest BCUT2D eigenvalue weighted by Crippen LogP contribution is 2.35. The first-order valence-corrected chi connectivity index (χ1v) is 9.18. The van der Waals surface area contributed by atoms with Crippen LogP contribution in [0.1, 0.15) is 21.7 Å². The molecule has 0 aliphatic carbocycles. The van der Waals surface area contributed by atoms with Gasteiger partial charge in [-0.15, -0.1) is 0 Å². The van der Waals surface area contributed by atoms with Crippen molar-refractivity contribution in [3.63, 3.8) is 0 Å². The molecule has 34 heavy (non-hydrogen) atoms. The van der Waals surface area contributed by atoms with Gasteiger partial charge in [-0.3, -0.25) is 19.0 Å². The Balaban J connectivity index is 1.82. The van der Waals surface area contributed by atoms with Crippen LogP contribution >= 0.6 is 0 Å². The van der Waals surface area contributed by atoms with Crippen LogP contribution in [0.4, 0.5) is 36.4 Å². The molecule has 4 aromatic rings. The fourth-order valence-electron chi connectivity index (χ4n) is 3.20. The lowest BCUT2D eigenvalue weighted by Crippen LogP contribution is -2.22. The molecule has 176 valence electrons. The fourth-order valence-corrected chi connectivity index (χ4v) is 3.20. The molecule has 0 fully saturated rings. The minimum Gasteiger partial charge on any atom is -0.322 e. The zero-order valence-electron chi connectivity index (χ0n) is 16.4. The van der Waals surface area contributed by atoms with E-state index < -0.39 is 52.3 Å². The molecule has 0 atom stereocenters. The molecular formula is C20H10F7N5O2. The molecule has 0 aromatic carbocycles. The molecule has 0 aliphatic heterocycles. The summed E-state index contributed by atoms with van der Waals surface area (Å²) in [6.45, 7) is 0. The van der Waals surface area contributed by atoms with Crippen LogP contribution in [0.5, 0.6) is 0 Å². The summed E-state index contributed by atoms with van der Waals surface area (Å²) in [5.74, 6) is -2.52. The summed E-state index contributed by atoms with van der Waals surface area (Å²) in [6.07, 6.45) is -7.54. The highest BCUT2D eigenvalue weighted by atomic mass is 19.4. The molecule has 0 bridgehead atoms. The predicted molar refractivity (Wildman–Crippen MR) is 103 cm³/mol. The van der Waals surface area contributed by atoms with Crippen molar-refractivity contribution in [2.45, 2.75) is 12.4 Å². The van der Waals surface area contributed by atoms with Crippen LogP contribution in [0, 0.1) is 5.82 Å². The number of carbonyl (C=O) groups is 1. The van der Waals surface area contributed by atoms with Gasteiger partial charge in [0.15, 0.2) is 11.5 Å². The number of rotatable bonds is 3. The Kier molecular flexibility index (Phi) is 5.38. The van der Waals surface area contributed by atoms with Crippen molar-refractivity contribution < 1.29 is 35.5 Å². The third kappa shape index (κ3) is 4.09. The third-order valence-corrected chi connectivity index (χ3v) is 4.64. The van der Waals surface area contributed by atoms with E-state index in [-0.39, 0.29) is 11.2 Å². The van der Waals surface area contributed by atoms with Crippen LogP contribution in [0.2, 0.25) is 0 Å². The number of hydrogen-bond acceptors (Lipinski definition) is 4. The summed E-state index contributed by atoms with van der Waals surface area (Å²) in [6, 6.07) is 5.60. The zero-order chi connectivity index (χ0) is 24.8.